The van der Waals surface area contributed by atoms with Crippen LogP contribution in [0.4, 0.5) is 4.39 Å². The molecule has 0 aliphatic carbocycles. The number of amides is 1. The Morgan fingerprint density at radius 1 is 1.17 bits per heavy atom. The lowest BCUT2D eigenvalue weighted by Crippen LogP contribution is -2.29. The van der Waals surface area contributed by atoms with Crippen molar-refractivity contribution >= 4 is 26.8 Å². The molecule has 0 fully saturated rings. The molecule has 30 heavy (non-hydrogen) atoms. The Labute approximate surface area is 174 Å². The average molecular weight is 434 g/mol. The molecule has 0 atom stereocenters. The van der Waals surface area contributed by atoms with Crippen LogP contribution < -0.4 is 10.0 Å². The molecule has 1 amide bonds. The van der Waals surface area contributed by atoms with Gasteiger partial charge in [0.05, 0.1) is 11.5 Å². The molecule has 0 aliphatic rings. The fourth-order valence-electron chi connectivity index (χ4n) is 3.15. The third kappa shape index (κ3) is 5.05. The van der Waals surface area contributed by atoms with Crippen LogP contribution in [0.1, 0.15) is 21.5 Å². The van der Waals surface area contributed by atoms with Gasteiger partial charge in [-0.1, -0.05) is 6.07 Å². The number of aromatic amines is 1. The number of hydrogen-bond donors (Lipinski definition) is 3. The minimum absolute atomic E-state index is 0.0213. The quantitative estimate of drug-likeness (QED) is 0.452. The maximum Gasteiger partial charge on any atom is 0.251 e. The molecule has 0 saturated heterocycles. The van der Waals surface area contributed by atoms with Crippen LogP contribution in [0, 0.1) is 12.7 Å². The van der Waals surface area contributed by atoms with Crippen molar-refractivity contribution in [1.29, 1.82) is 0 Å². The van der Waals surface area contributed by atoms with Gasteiger partial charge < -0.3 is 15.0 Å². The number of H-pyrrole nitrogens is 1. The molecule has 0 bridgehead atoms. The number of ether oxygens (including phenoxy) is 1. The van der Waals surface area contributed by atoms with E-state index in [4.69, 9.17) is 4.74 Å². The van der Waals surface area contributed by atoms with Crippen molar-refractivity contribution in [1.82, 2.24) is 15.0 Å². The molecule has 7 nitrogen and oxygen atoms in total. The van der Waals surface area contributed by atoms with E-state index in [-0.39, 0.29) is 29.8 Å². The Hall–Kier alpha value is -2.75. The van der Waals surface area contributed by atoms with Gasteiger partial charge in [-0.05, 0) is 54.8 Å². The van der Waals surface area contributed by atoms with Gasteiger partial charge in [-0.25, -0.2) is 17.5 Å². The van der Waals surface area contributed by atoms with E-state index < -0.39 is 10.0 Å². The van der Waals surface area contributed by atoms with Crippen LogP contribution >= 0.6 is 0 Å². The largest absolute Gasteiger partial charge is 0.383 e. The number of rotatable bonds is 9. The van der Waals surface area contributed by atoms with E-state index in [0.717, 1.165) is 10.9 Å². The summed E-state index contributed by atoms with van der Waals surface area (Å²) in [5.41, 5.74) is 2.63. The number of aromatic nitrogens is 1. The Morgan fingerprint density at radius 2 is 1.97 bits per heavy atom. The summed E-state index contributed by atoms with van der Waals surface area (Å²) in [6.07, 6.45) is 2.34. The zero-order valence-corrected chi connectivity index (χ0v) is 17.6. The number of carbonyl (C=O) groups excluding carboxylic acids is 1. The highest BCUT2D eigenvalue weighted by Gasteiger charge is 2.17. The fourth-order valence-corrected chi connectivity index (χ4v) is 4.18. The molecule has 1 aromatic heterocycles. The predicted molar refractivity (Wildman–Crippen MR) is 113 cm³/mol. The first-order chi connectivity index (χ1) is 14.3. The summed E-state index contributed by atoms with van der Waals surface area (Å²) in [4.78, 5) is 15.7. The first-order valence-corrected chi connectivity index (χ1v) is 10.9. The maximum absolute atomic E-state index is 13.3. The van der Waals surface area contributed by atoms with Gasteiger partial charge in [0.1, 0.15) is 5.82 Å². The average Bonchev–Trinajstić information content (AvgIpc) is 3.10. The first-order valence-electron chi connectivity index (χ1n) is 9.45. The number of nitrogens with one attached hydrogen (secondary N) is 3. The van der Waals surface area contributed by atoms with Crippen molar-refractivity contribution < 1.29 is 22.3 Å². The summed E-state index contributed by atoms with van der Waals surface area (Å²) in [6, 6.07) is 8.96. The lowest BCUT2D eigenvalue weighted by atomic mass is 10.1. The minimum atomic E-state index is -3.73. The standard InChI is InChI=1S/C21H24FN3O4S/c1-14-3-5-17(30(27,28)25-9-10-29-2)12-19(14)21(26)23-8-7-15-13-24-20-11-16(22)4-6-18(15)20/h3-6,11-13,24-25H,7-10H2,1-2H3,(H,23,26). The summed E-state index contributed by atoms with van der Waals surface area (Å²) in [5, 5.41) is 3.72. The van der Waals surface area contributed by atoms with Crippen molar-refractivity contribution in [2.24, 2.45) is 0 Å². The second-order valence-corrected chi connectivity index (χ2v) is 8.64. The van der Waals surface area contributed by atoms with Crippen molar-refractivity contribution in [3.63, 3.8) is 0 Å². The van der Waals surface area contributed by atoms with Crippen LogP contribution in [-0.4, -0.2) is 46.1 Å². The van der Waals surface area contributed by atoms with Gasteiger partial charge in [-0.15, -0.1) is 0 Å². The highest BCUT2D eigenvalue weighted by atomic mass is 32.2. The van der Waals surface area contributed by atoms with Gasteiger partial charge in [-0.3, -0.25) is 4.79 Å². The van der Waals surface area contributed by atoms with Crippen LogP contribution in [0.3, 0.4) is 0 Å². The highest BCUT2D eigenvalue weighted by Crippen LogP contribution is 2.20. The molecule has 1 heterocycles. The van der Waals surface area contributed by atoms with Gasteiger partial charge in [0.25, 0.3) is 5.91 Å². The SMILES string of the molecule is COCCNS(=O)(=O)c1ccc(C)c(C(=O)NCCc2c[nH]c3cc(F)ccc23)c1. The first kappa shape index (κ1) is 21.9. The van der Waals surface area contributed by atoms with E-state index in [0.29, 0.717) is 29.6 Å². The van der Waals surface area contributed by atoms with Gasteiger partial charge in [0.2, 0.25) is 10.0 Å². The molecule has 3 N–H and O–H groups in total. The van der Waals surface area contributed by atoms with Crippen LogP contribution in [0.15, 0.2) is 47.5 Å². The number of sulfonamides is 1. The van der Waals surface area contributed by atoms with E-state index >= 15 is 0 Å². The summed E-state index contributed by atoms with van der Waals surface area (Å²) in [7, 11) is -2.25. The number of carbonyl (C=O) groups is 1. The molecule has 2 aromatic carbocycles. The molecular weight excluding hydrogens is 409 g/mol. The Kier molecular flexibility index (Phi) is 6.86. The van der Waals surface area contributed by atoms with E-state index in [1.54, 1.807) is 25.3 Å². The van der Waals surface area contributed by atoms with Crippen LogP contribution in [0.25, 0.3) is 10.9 Å². The topological polar surface area (TPSA) is 100 Å². The van der Waals surface area contributed by atoms with Crippen molar-refractivity contribution in [2.75, 3.05) is 26.8 Å². The Balaban J connectivity index is 1.67. The van der Waals surface area contributed by atoms with Gasteiger partial charge in [0, 0.05) is 42.9 Å². The van der Waals surface area contributed by atoms with Crippen molar-refractivity contribution in [3.8, 4) is 0 Å². The van der Waals surface area contributed by atoms with E-state index in [1.165, 1.54) is 31.4 Å². The van der Waals surface area contributed by atoms with Gasteiger partial charge in [0.15, 0.2) is 0 Å². The molecule has 3 rings (SSSR count). The molecule has 0 radical (unpaired) electrons. The highest BCUT2D eigenvalue weighted by molar-refractivity contribution is 7.89. The van der Waals surface area contributed by atoms with Crippen molar-refractivity contribution in [2.45, 2.75) is 18.2 Å². The number of methoxy groups -OCH3 is 1. The second-order valence-electron chi connectivity index (χ2n) is 6.88. The zero-order chi connectivity index (χ0) is 21.7. The molecule has 160 valence electrons. The molecule has 0 saturated carbocycles. The molecular formula is C21H24FN3O4S. The molecule has 0 aliphatic heterocycles. The number of halogens is 1. The zero-order valence-electron chi connectivity index (χ0n) is 16.8. The summed E-state index contributed by atoms with van der Waals surface area (Å²) in [5.74, 6) is -0.668. The molecule has 9 heteroatoms. The monoisotopic (exact) mass is 433 g/mol. The Bertz CT molecular complexity index is 1160. The normalized spacial score (nSPS) is 11.7. The van der Waals surface area contributed by atoms with Crippen LogP contribution in [0.2, 0.25) is 0 Å². The molecule has 0 spiro atoms. The molecule has 3 aromatic rings. The summed E-state index contributed by atoms with van der Waals surface area (Å²) >= 11 is 0. The van der Waals surface area contributed by atoms with Crippen LogP contribution in [0.5, 0.6) is 0 Å². The number of aryl methyl sites for hydroxylation is 1. The van der Waals surface area contributed by atoms with E-state index in [1.807, 2.05) is 0 Å². The fraction of sp³-hybridized carbons (Fsp3) is 0.286. The Morgan fingerprint density at radius 3 is 2.73 bits per heavy atom. The van der Waals surface area contributed by atoms with Crippen LogP contribution in [-0.2, 0) is 21.2 Å². The van der Waals surface area contributed by atoms with Crippen molar-refractivity contribution in [3.05, 3.63) is 65.1 Å². The second kappa shape index (κ2) is 9.38. The smallest absolute Gasteiger partial charge is 0.251 e. The van der Waals surface area contributed by atoms with E-state index in [9.17, 15) is 17.6 Å². The number of hydrogen-bond acceptors (Lipinski definition) is 4. The van der Waals surface area contributed by atoms with Gasteiger partial charge >= 0.3 is 0 Å². The number of fused-ring (bicyclic) bond motifs is 1. The summed E-state index contributed by atoms with van der Waals surface area (Å²) < 4.78 is 45.3. The molecule has 0 unspecified atom stereocenters. The minimum Gasteiger partial charge on any atom is -0.383 e. The lowest BCUT2D eigenvalue weighted by molar-refractivity contribution is 0.0953. The summed E-state index contributed by atoms with van der Waals surface area (Å²) in [6.45, 7) is 2.49. The maximum atomic E-state index is 13.3. The van der Waals surface area contributed by atoms with Gasteiger partial charge in [-0.2, -0.15) is 0 Å². The third-order valence-corrected chi connectivity index (χ3v) is 6.23. The third-order valence-electron chi connectivity index (χ3n) is 4.77. The predicted octanol–water partition coefficient (Wildman–Crippen LogP) is 2.51. The number of benzene rings is 2. The van der Waals surface area contributed by atoms with E-state index in [2.05, 4.69) is 15.0 Å². The lowest BCUT2D eigenvalue weighted by Gasteiger charge is -2.11.